The molecule has 254 valence electrons. The highest BCUT2D eigenvalue weighted by atomic mass is 32.1. The van der Waals surface area contributed by atoms with Crippen molar-refractivity contribution in [2.24, 2.45) is 15.8 Å². The number of pyridine rings is 3. The molecule has 49 heavy (non-hydrogen) atoms. The summed E-state index contributed by atoms with van der Waals surface area (Å²) in [7, 11) is 0. The number of hydrogen-bond donors (Lipinski definition) is 0. The van der Waals surface area contributed by atoms with Crippen LogP contribution in [0.25, 0.3) is 37.1 Å². The van der Waals surface area contributed by atoms with E-state index >= 15 is 0 Å². The van der Waals surface area contributed by atoms with Crippen molar-refractivity contribution in [3.8, 4) is 11.4 Å². The van der Waals surface area contributed by atoms with Gasteiger partial charge in [-0.25, -0.2) is 9.98 Å². The van der Waals surface area contributed by atoms with Crippen LogP contribution in [0.2, 0.25) is 0 Å². The summed E-state index contributed by atoms with van der Waals surface area (Å²) in [5, 5.41) is 2.51. The van der Waals surface area contributed by atoms with Crippen LogP contribution in [0.1, 0.15) is 112 Å². The highest BCUT2D eigenvalue weighted by Gasteiger charge is 2.25. The molecular formula is C44H52N4S. The summed E-state index contributed by atoms with van der Waals surface area (Å²) in [5.41, 5.74) is 10.2. The van der Waals surface area contributed by atoms with Gasteiger partial charge in [-0.2, -0.15) is 0 Å². The molecule has 5 aromatic rings. The molecule has 6 rings (SSSR count). The average molecular weight is 669 g/mol. The first kappa shape index (κ1) is 34.9. The van der Waals surface area contributed by atoms with Crippen LogP contribution < -0.4 is 0 Å². The number of aliphatic imine (C=N–C) groups is 1. The lowest BCUT2D eigenvalue weighted by molar-refractivity contribution is 0.411. The molecule has 0 saturated heterocycles. The summed E-state index contributed by atoms with van der Waals surface area (Å²) in [6, 6.07) is 17.8. The summed E-state index contributed by atoms with van der Waals surface area (Å²) in [6.45, 7) is 27.2. The number of allylic oxidation sites excluding steroid dienone is 4. The van der Waals surface area contributed by atoms with E-state index in [4.69, 9.17) is 19.9 Å². The minimum atomic E-state index is -0.0934. The monoisotopic (exact) mass is 668 g/mol. The van der Waals surface area contributed by atoms with Crippen molar-refractivity contribution in [3.63, 3.8) is 0 Å². The third kappa shape index (κ3) is 7.78. The molecule has 0 spiro atoms. The molecule has 4 nitrogen and oxygen atoms in total. The van der Waals surface area contributed by atoms with Crippen LogP contribution in [0, 0.1) is 10.8 Å². The van der Waals surface area contributed by atoms with Gasteiger partial charge in [-0.3, -0.25) is 9.97 Å². The number of aromatic nitrogens is 3. The Bertz CT molecular complexity index is 2150. The van der Waals surface area contributed by atoms with Gasteiger partial charge in [-0.05, 0) is 98.4 Å². The Hall–Kier alpha value is -3.96. The Labute approximate surface area is 297 Å². The van der Waals surface area contributed by atoms with Gasteiger partial charge in [0.15, 0.2) is 5.82 Å². The minimum Gasteiger partial charge on any atom is -0.257 e. The van der Waals surface area contributed by atoms with Crippen molar-refractivity contribution in [3.05, 3.63) is 101 Å². The fourth-order valence-electron chi connectivity index (χ4n) is 6.37. The van der Waals surface area contributed by atoms with Crippen molar-refractivity contribution in [2.75, 3.05) is 0 Å². The number of rotatable bonds is 4. The van der Waals surface area contributed by atoms with Gasteiger partial charge in [0.25, 0.3) is 0 Å². The molecule has 0 aliphatic heterocycles. The fraction of sp³-hybridized carbons (Fsp3) is 0.409. The van der Waals surface area contributed by atoms with Gasteiger partial charge in [-0.1, -0.05) is 101 Å². The van der Waals surface area contributed by atoms with Gasteiger partial charge in [0.05, 0.1) is 16.1 Å². The first-order valence-electron chi connectivity index (χ1n) is 17.5. The van der Waals surface area contributed by atoms with E-state index in [0.717, 1.165) is 29.2 Å². The van der Waals surface area contributed by atoms with Crippen LogP contribution in [0.5, 0.6) is 0 Å². The lowest BCUT2D eigenvalue weighted by Crippen LogP contribution is -2.16. The second kappa shape index (κ2) is 12.4. The van der Waals surface area contributed by atoms with Crippen LogP contribution >= 0.6 is 11.3 Å². The smallest absolute Gasteiger partial charge is 0.153 e. The normalized spacial score (nSPS) is 15.6. The Kier molecular flexibility index (Phi) is 8.84. The van der Waals surface area contributed by atoms with Crippen molar-refractivity contribution in [1.29, 1.82) is 0 Å². The van der Waals surface area contributed by atoms with E-state index in [0.29, 0.717) is 12.2 Å². The van der Waals surface area contributed by atoms with Crippen molar-refractivity contribution in [1.82, 2.24) is 15.0 Å². The topological polar surface area (TPSA) is 51.0 Å². The van der Waals surface area contributed by atoms with Crippen LogP contribution in [-0.2, 0) is 17.3 Å². The minimum absolute atomic E-state index is 0.0419. The molecule has 4 heterocycles. The Morgan fingerprint density at radius 1 is 0.673 bits per heavy atom. The third-order valence-electron chi connectivity index (χ3n) is 9.21. The first-order valence-corrected chi connectivity index (χ1v) is 18.4. The molecule has 0 atom stereocenters. The summed E-state index contributed by atoms with van der Waals surface area (Å²) in [4.78, 5) is 20.3. The molecule has 0 saturated carbocycles. The largest absolute Gasteiger partial charge is 0.257 e. The van der Waals surface area contributed by atoms with Crippen molar-refractivity contribution in [2.45, 2.75) is 107 Å². The maximum atomic E-state index is 5.29. The molecule has 0 unspecified atom stereocenters. The predicted octanol–water partition coefficient (Wildman–Crippen LogP) is 12.6. The molecular weight excluding hydrogens is 617 g/mol. The summed E-state index contributed by atoms with van der Waals surface area (Å²) in [5.74, 6) is 0.715. The molecule has 1 aliphatic rings. The van der Waals surface area contributed by atoms with Gasteiger partial charge in [-0.15, -0.1) is 11.3 Å². The second-order valence-electron chi connectivity index (χ2n) is 18.0. The lowest BCUT2D eigenvalue weighted by atomic mass is 9.80. The zero-order valence-corrected chi connectivity index (χ0v) is 32.4. The molecule has 0 bridgehead atoms. The summed E-state index contributed by atoms with van der Waals surface area (Å²) < 4.78 is 2.47. The van der Waals surface area contributed by atoms with E-state index in [-0.39, 0.29) is 21.7 Å². The van der Waals surface area contributed by atoms with E-state index in [1.807, 2.05) is 23.7 Å². The van der Waals surface area contributed by atoms with Gasteiger partial charge >= 0.3 is 0 Å². The van der Waals surface area contributed by atoms with Crippen molar-refractivity contribution >= 4 is 48.6 Å². The zero-order chi connectivity index (χ0) is 35.5. The van der Waals surface area contributed by atoms with Gasteiger partial charge in [0.2, 0.25) is 0 Å². The Morgan fingerprint density at radius 2 is 1.37 bits per heavy atom. The number of nitrogens with zero attached hydrogens (tertiary/aromatic N) is 4. The standard InChI is InChI=1S/C44H52N4S/c1-41(2,3)26-27-13-14-33-34-16-18-46-39(40(34)49-37(33)19-27)36-24-31(44(10,11)12)25-38(48-36)47-32-21-28(20-30(22-32)43(7,8)9)35-23-29(15-17-45-35)42(4,5)6/h13-20,22-25H,21,26H2,1-12H3/b47-32+. The first-order chi connectivity index (χ1) is 22.7. The maximum absolute atomic E-state index is 5.29. The SMILES string of the molecule is CC(C)(C)Cc1ccc2c(c1)sc1c(-c3cc(C(C)(C)C)cc(/N=C4/C=C(C(C)(C)C)C=C(c5cc(C(C)(C)C)ccn5)C4)n3)nccc12. The number of benzene rings is 1. The van der Waals surface area contributed by atoms with E-state index < -0.39 is 0 Å². The molecule has 0 fully saturated rings. The summed E-state index contributed by atoms with van der Waals surface area (Å²) in [6.07, 6.45) is 10.2. The predicted molar refractivity (Wildman–Crippen MR) is 212 cm³/mol. The fourth-order valence-corrected chi connectivity index (χ4v) is 7.63. The maximum Gasteiger partial charge on any atom is 0.153 e. The molecule has 5 heteroatoms. The number of hydrogen-bond acceptors (Lipinski definition) is 5. The summed E-state index contributed by atoms with van der Waals surface area (Å²) >= 11 is 1.82. The van der Waals surface area contributed by atoms with Gasteiger partial charge in [0, 0.05) is 40.0 Å². The second-order valence-corrected chi connectivity index (χ2v) is 19.1. The van der Waals surface area contributed by atoms with Crippen LogP contribution in [-0.4, -0.2) is 20.7 Å². The van der Waals surface area contributed by atoms with Crippen molar-refractivity contribution < 1.29 is 0 Å². The lowest BCUT2D eigenvalue weighted by Gasteiger charge is -2.26. The van der Waals surface area contributed by atoms with E-state index in [9.17, 15) is 0 Å². The van der Waals surface area contributed by atoms with Gasteiger partial charge < -0.3 is 0 Å². The average Bonchev–Trinajstić information content (AvgIpc) is 3.36. The number of thiophene rings is 1. The van der Waals surface area contributed by atoms with Crippen LogP contribution in [0.3, 0.4) is 0 Å². The van der Waals surface area contributed by atoms with E-state index in [2.05, 4.69) is 144 Å². The van der Waals surface area contributed by atoms with Gasteiger partial charge in [0.1, 0.15) is 5.69 Å². The molecule has 0 radical (unpaired) electrons. The molecule has 0 amide bonds. The number of fused-ring (bicyclic) bond motifs is 3. The molecule has 1 aliphatic carbocycles. The Balaban J connectivity index is 1.47. The van der Waals surface area contributed by atoms with E-state index in [1.165, 1.54) is 48.0 Å². The zero-order valence-electron chi connectivity index (χ0n) is 31.5. The highest BCUT2D eigenvalue weighted by molar-refractivity contribution is 7.26. The van der Waals surface area contributed by atoms with E-state index in [1.54, 1.807) is 0 Å². The molecule has 0 N–H and O–H groups in total. The van der Waals surface area contributed by atoms with Crippen LogP contribution in [0.4, 0.5) is 5.82 Å². The highest BCUT2D eigenvalue weighted by Crippen LogP contribution is 2.41. The quantitative estimate of drug-likeness (QED) is 0.191. The molecule has 4 aromatic heterocycles. The third-order valence-corrected chi connectivity index (χ3v) is 10.4. The molecule has 1 aromatic carbocycles. The van der Waals surface area contributed by atoms with Crippen LogP contribution in [0.15, 0.2) is 83.6 Å². The Morgan fingerprint density at radius 3 is 2.04 bits per heavy atom.